The van der Waals surface area contributed by atoms with E-state index in [-0.39, 0.29) is 5.78 Å². The number of unbranched alkanes of at least 4 members (excludes halogenated alkanes) is 1. The Balaban J connectivity index is 1.37. The van der Waals surface area contributed by atoms with Crippen LogP contribution in [0.4, 0.5) is 0 Å². The van der Waals surface area contributed by atoms with Crippen LogP contribution in [0.5, 0.6) is 17.2 Å². The maximum absolute atomic E-state index is 12.0. The second kappa shape index (κ2) is 9.42. The highest BCUT2D eigenvalue weighted by Crippen LogP contribution is 2.23. The molecule has 0 bridgehead atoms. The molecule has 0 aliphatic heterocycles. The number of hydrogen-bond donors (Lipinski definition) is 0. The second-order valence-electron chi connectivity index (χ2n) is 5.98. The van der Waals surface area contributed by atoms with Crippen LogP contribution in [0.3, 0.4) is 0 Å². The minimum absolute atomic E-state index is 0.188. The lowest BCUT2D eigenvalue weighted by Gasteiger charge is -2.08. The highest BCUT2D eigenvalue weighted by Gasteiger charge is 2.04. The van der Waals surface area contributed by atoms with Gasteiger partial charge in [-0.2, -0.15) is 0 Å². The summed E-state index contributed by atoms with van der Waals surface area (Å²) >= 11 is 0. The van der Waals surface area contributed by atoms with Gasteiger partial charge in [-0.15, -0.1) is 0 Å². The number of para-hydroxylation sites is 1. The van der Waals surface area contributed by atoms with Gasteiger partial charge in [0.15, 0.2) is 5.78 Å². The summed E-state index contributed by atoms with van der Waals surface area (Å²) in [6.07, 6.45) is 2.22. The van der Waals surface area contributed by atoms with E-state index in [0.717, 1.165) is 35.7 Å². The van der Waals surface area contributed by atoms with Gasteiger partial charge < -0.3 is 9.47 Å². The topological polar surface area (TPSA) is 35.5 Å². The van der Waals surface area contributed by atoms with Crippen LogP contribution in [-0.2, 0) is 0 Å². The molecule has 0 unspecified atom stereocenters. The van der Waals surface area contributed by atoms with E-state index in [1.165, 1.54) is 0 Å². The fourth-order valence-electron chi connectivity index (χ4n) is 2.57. The molecule has 0 saturated carbocycles. The standard InChI is InChI=1S/C23H22O3/c24-23(19-9-3-1-4-10-19)13-7-8-18-25-20-14-16-22(17-15-20)26-21-11-5-2-6-12-21/h1-6,9-12,14-17H,7-8,13,18H2. The summed E-state index contributed by atoms with van der Waals surface area (Å²) < 4.78 is 11.5. The molecular weight excluding hydrogens is 324 g/mol. The lowest BCUT2D eigenvalue weighted by molar-refractivity contribution is 0.0978. The zero-order chi connectivity index (χ0) is 18.0. The Morgan fingerprint density at radius 3 is 1.92 bits per heavy atom. The summed E-state index contributed by atoms with van der Waals surface area (Å²) in [5.74, 6) is 2.58. The zero-order valence-electron chi connectivity index (χ0n) is 14.6. The molecule has 3 rings (SSSR count). The van der Waals surface area contributed by atoms with Gasteiger partial charge in [0.2, 0.25) is 0 Å². The molecule has 0 aliphatic carbocycles. The lowest BCUT2D eigenvalue weighted by atomic mass is 10.1. The molecule has 0 aromatic heterocycles. The van der Waals surface area contributed by atoms with Crippen LogP contribution < -0.4 is 9.47 Å². The molecule has 3 aromatic rings. The zero-order valence-corrected chi connectivity index (χ0v) is 14.6. The van der Waals surface area contributed by atoms with Crippen LogP contribution in [0.1, 0.15) is 29.6 Å². The van der Waals surface area contributed by atoms with Gasteiger partial charge in [0.05, 0.1) is 6.61 Å². The van der Waals surface area contributed by atoms with Crippen molar-refractivity contribution in [1.82, 2.24) is 0 Å². The Morgan fingerprint density at radius 2 is 1.23 bits per heavy atom. The Kier molecular flexibility index (Phi) is 6.43. The van der Waals surface area contributed by atoms with Crippen molar-refractivity contribution in [2.75, 3.05) is 6.61 Å². The Labute approximate surface area is 154 Å². The van der Waals surface area contributed by atoms with Crippen molar-refractivity contribution >= 4 is 5.78 Å². The van der Waals surface area contributed by atoms with Crippen LogP contribution in [-0.4, -0.2) is 12.4 Å². The number of rotatable bonds is 9. The minimum Gasteiger partial charge on any atom is -0.494 e. The van der Waals surface area contributed by atoms with E-state index in [1.807, 2.05) is 84.9 Å². The van der Waals surface area contributed by atoms with Gasteiger partial charge in [0.25, 0.3) is 0 Å². The highest BCUT2D eigenvalue weighted by atomic mass is 16.5. The summed E-state index contributed by atoms with van der Waals surface area (Å²) in [4.78, 5) is 12.0. The molecule has 3 aromatic carbocycles. The molecule has 0 saturated heterocycles. The Morgan fingerprint density at radius 1 is 0.654 bits per heavy atom. The largest absolute Gasteiger partial charge is 0.494 e. The predicted octanol–water partition coefficient (Wildman–Crippen LogP) is 5.91. The molecular formula is C23H22O3. The van der Waals surface area contributed by atoms with Gasteiger partial charge in [-0.05, 0) is 49.2 Å². The first-order valence-electron chi connectivity index (χ1n) is 8.85. The number of ketones is 1. The van der Waals surface area contributed by atoms with Crippen molar-refractivity contribution in [3.63, 3.8) is 0 Å². The third kappa shape index (κ3) is 5.49. The molecule has 3 heteroatoms. The molecule has 0 heterocycles. The third-order valence-corrected chi connectivity index (χ3v) is 3.97. The number of ether oxygens (including phenoxy) is 2. The fourth-order valence-corrected chi connectivity index (χ4v) is 2.57. The first-order valence-corrected chi connectivity index (χ1v) is 8.85. The van der Waals surface area contributed by atoms with Gasteiger partial charge >= 0.3 is 0 Å². The van der Waals surface area contributed by atoms with Crippen molar-refractivity contribution in [3.05, 3.63) is 90.5 Å². The SMILES string of the molecule is O=C(CCCCOc1ccc(Oc2ccccc2)cc1)c1ccccc1. The van der Waals surface area contributed by atoms with Crippen LogP contribution in [0.15, 0.2) is 84.9 Å². The summed E-state index contributed by atoms with van der Waals surface area (Å²) in [6, 6.07) is 26.7. The third-order valence-electron chi connectivity index (χ3n) is 3.97. The summed E-state index contributed by atoms with van der Waals surface area (Å²) in [7, 11) is 0. The van der Waals surface area contributed by atoms with Gasteiger partial charge in [-0.1, -0.05) is 48.5 Å². The molecule has 0 atom stereocenters. The number of Topliss-reactive ketones (excluding diaryl/α,β-unsaturated/α-hetero) is 1. The van der Waals surface area contributed by atoms with E-state index in [9.17, 15) is 4.79 Å². The van der Waals surface area contributed by atoms with Gasteiger partial charge in [0.1, 0.15) is 17.2 Å². The van der Waals surface area contributed by atoms with E-state index in [0.29, 0.717) is 13.0 Å². The van der Waals surface area contributed by atoms with E-state index in [4.69, 9.17) is 9.47 Å². The maximum atomic E-state index is 12.0. The fraction of sp³-hybridized carbons (Fsp3) is 0.174. The molecule has 0 N–H and O–H groups in total. The van der Waals surface area contributed by atoms with Crippen molar-refractivity contribution in [3.8, 4) is 17.2 Å². The molecule has 0 amide bonds. The minimum atomic E-state index is 0.188. The average Bonchev–Trinajstić information content (AvgIpc) is 2.70. The van der Waals surface area contributed by atoms with Crippen molar-refractivity contribution < 1.29 is 14.3 Å². The number of carbonyl (C=O) groups is 1. The second-order valence-corrected chi connectivity index (χ2v) is 5.98. The Bertz CT molecular complexity index is 796. The van der Waals surface area contributed by atoms with Crippen molar-refractivity contribution in [2.45, 2.75) is 19.3 Å². The molecule has 0 aliphatic rings. The molecule has 0 radical (unpaired) electrons. The van der Waals surface area contributed by atoms with Crippen LogP contribution >= 0.6 is 0 Å². The van der Waals surface area contributed by atoms with Crippen molar-refractivity contribution in [1.29, 1.82) is 0 Å². The molecule has 132 valence electrons. The normalized spacial score (nSPS) is 10.3. The van der Waals surface area contributed by atoms with Crippen molar-refractivity contribution in [2.24, 2.45) is 0 Å². The van der Waals surface area contributed by atoms with Gasteiger partial charge in [-0.3, -0.25) is 4.79 Å². The molecule has 26 heavy (non-hydrogen) atoms. The van der Waals surface area contributed by atoms with E-state index in [1.54, 1.807) is 0 Å². The van der Waals surface area contributed by atoms with Crippen LogP contribution in [0, 0.1) is 0 Å². The smallest absolute Gasteiger partial charge is 0.162 e. The van der Waals surface area contributed by atoms with E-state index < -0.39 is 0 Å². The number of carbonyl (C=O) groups excluding carboxylic acids is 1. The quantitative estimate of drug-likeness (QED) is 0.357. The predicted molar refractivity (Wildman–Crippen MR) is 103 cm³/mol. The van der Waals surface area contributed by atoms with E-state index in [2.05, 4.69) is 0 Å². The van der Waals surface area contributed by atoms with Crippen LogP contribution in [0.25, 0.3) is 0 Å². The monoisotopic (exact) mass is 346 g/mol. The van der Waals surface area contributed by atoms with Crippen LogP contribution in [0.2, 0.25) is 0 Å². The Hall–Kier alpha value is -3.07. The molecule has 0 fully saturated rings. The van der Waals surface area contributed by atoms with Gasteiger partial charge in [-0.25, -0.2) is 0 Å². The average molecular weight is 346 g/mol. The number of hydrogen-bond acceptors (Lipinski definition) is 3. The first kappa shape index (κ1) is 17.7. The highest BCUT2D eigenvalue weighted by molar-refractivity contribution is 5.95. The number of benzene rings is 3. The summed E-state index contributed by atoms with van der Waals surface area (Å²) in [5.41, 5.74) is 0.780. The summed E-state index contributed by atoms with van der Waals surface area (Å²) in [6.45, 7) is 0.598. The van der Waals surface area contributed by atoms with Gasteiger partial charge in [0, 0.05) is 12.0 Å². The maximum Gasteiger partial charge on any atom is 0.162 e. The molecule has 0 spiro atoms. The van der Waals surface area contributed by atoms with E-state index >= 15 is 0 Å². The first-order chi connectivity index (χ1) is 12.8. The lowest BCUT2D eigenvalue weighted by Crippen LogP contribution is -2.02. The molecule has 3 nitrogen and oxygen atoms in total. The summed E-state index contributed by atoms with van der Waals surface area (Å²) in [5, 5.41) is 0.